The van der Waals surface area contributed by atoms with E-state index in [1.54, 1.807) is 29.7 Å². The van der Waals surface area contributed by atoms with Crippen LogP contribution in [0.25, 0.3) is 0 Å². The van der Waals surface area contributed by atoms with Gasteiger partial charge in [-0.3, -0.25) is 9.88 Å². The van der Waals surface area contributed by atoms with Crippen molar-refractivity contribution in [2.45, 2.75) is 25.4 Å². The summed E-state index contributed by atoms with van der Waals surface area (Å²) in [6, 6.07) is 10.0. The zero-order valence-corrected chi connectivity index (χ0v) is 15.0. The molecule has 4 rings (SSSR count). The van der Waals surface area contributed by atoms with E-state index in [4.69, 9.17) is 10.2 Å². The molecule has 1 saturated heterocycles. The summed E-state index contributed by atoms with van der Waals surface area (Å²) in [6.07, 6.45) is 7.61. The van der Waals surface area contributed by atoms with Crippen LogP contribution in [0, 0.1) is 11.3 Å². The Morgan fingerprint density at radius 3 is 3.00 bits per heavy atom. The average Bonchev–Trinajstić information content (AvgIpc) is 3.32. The van der Waals surface area contributed by atoms with E-state index < -0.39 is 0 Å². The van der Waals surface area contributed by atoms with Crippen LogP contribution in [-0.2, 0) is 6.54 Å². The Bertz CT molecular complexity index is 917. The van der Waals surface area contributed by atoms with Gasteiger partial charge < -0.3 is 5.32 Å². The predicted molar refractivity (Wildman–Crippen MR) is 101 cm³/mol. The third-order valence-electron chi connectivity index (χ3n) is 4.49. The van der Waals surface area contributed by atoms with Crippen molar-refractivity contribution in [3.05, 3.63) is 65.1 Å². The molecule has 1 fully saturated rings. The van der Waals surface area contributed by atoms with Crippen molar-refractivity contribution in [1.29, 1.82) is 5.26 Å². The molecule has 1 aliphatic rings. The van der Waals surface area contributed by atoms with E-state index >= 15 is 0 Å². The minimum atomic E-state index is 0.341. The molecule has 6 nitrogen and oxygen atoms in total. The number of hydrogen-bond donors (Lipinski definition) is 1. The Morgan fingerprint density at radius 2 is 2.15 bits per heavy atom. The van der Waals surface area contributed by atoms with Crippen LogP contribution in [0.5, 0.6) is 0 Å². The van der Waals surface area contributed by atoms with Crippen molar-refractivity contribution in [3.63, 3.8) is 0 Å². The van der Waals surface area contributed by atoms with E-state index in [1.807, 2.05) is 12.4 Å². The van der Waals surface area contributed by atoms with Gasteiger partial charge in [0.2, 0.25) is 0 Å². The third-order valence-corrected chi connectivity index (χ3v) is 5.26. The van der Waals surface area contributed by atoms with Crippen molar-refractivity contribution in [3.8, 4) is 6.07 Å². The summed E-state index contributed by atoms with van der Waals surface area (Å²) in [5, 5.41) is 15.1. The fraction of sp³-hybridized carbons (Fsp3) is 0.263. The molecule has 1 atom stereocenters. The fourth-order valence-electron chi connectivity index (χ4n) is 3.25. The molecule has 26 heavy (non-hydrogen) atoms. The van der Waals surface area contributed by atoms with Gasteiger partial charge in [-0.15, -0.1) is 11.3 Å². The molecule has 130 valence electrons. The lowest BCUT2D eigenvalue weighted by molar-refractivity contribution is 0.245. The number of anilines is 2. The van der Waals surface area contributed by atoms with Gasteiger partial charge in [-0.05, 0) is 49.2 Å². The SMILES string of the molecule is N#Cc1ccnc(Nc2nc(C3CCCN3Cc3ccncc3)cs2)c1. The molecule has 0 saturated carbocycles. The number of hydrogen-bond acceptors (Lipinski definition) is 7. The molecule has 3 aromatic heterocycles. The molecular weight excluding hydrogens is 344 g/mol. The maximum Gasteiger partial charge on any atom is 0.188 e. The van der Waals surface area contributed by atoms with Gasteiger partial charge in [0, 0.05) is 30.5 Å². The first-order valence-corrected chi connectivity index (χ1v) is 9.41. The Hall–Kier alpha value is -2.82. The van der Waals surface area contributed by atoms with Gasteiger partial charge in [0.25, 0.3) is 0 Å². The predicted octanol–water partition coefficient (Wildman–Crippen LogP) is 3.89. The molecule has 0 radical (unpaired) electrons. The first-order valence-electron chi connectivity index (χ1n) is 8.53. The van der Waals surface area contributed by atoms with Crippen LogP contribution in [0.3, 0.4) is 0 Å². The number of likely N-dealkylation sites (tertiary alicyclic amines) is 1. The highest BCUT2D eigenvalue weighted by Gasteiger charge is 2.28. The molecule has 0 aromatic carbocycles. The number of nitrogens with one attached hydrogen (secondary N) is 1. The zero-order valence-electron chi connectivity index (χ0n) is 14.2. The second kappa shape index (κ2) is 7.60. The molecule has 0 amide bonds. The highest BCUT2D eigenvalue weighted by Crippen LogP contribution is 2.35. The van der Waals surface area contributed by atoms with Gasteiger partial charge in [0.15, 0.2) is 5.13 Å². The topological polar surface area (TPSA) is 77.7 Å². The minimum absolute atomic E-state index is 0.341. The first kappa shape index (κ1) is 16.6. The minimum Gasteiger partial charge on any atom is -0.316 e. The molecule has 4 heterocycles. The maximum atomic E-state index is 9.00. The van der Waals surface area contributed by atoms with Crippen molar-refractivity contribution < 1.29 is 0 Å². The number of nitrogens with zero attached hydrogens (tertiary/aromatic N) is 5. The molecule has 0 bridgehead atoms. The van der Waals surface area contributed by atoms with Crippen molar-refractivity contribution >= 4 is 22.3 Å². The summed E-state index contributed by atoms with van der Waals surface area (Å²) < 4.78 is 0. The average molecular weight is 362 g/mol. The number of aromatic nitrogens is 3. The van der Waals surface area contributed by atoms with Crippen LogP contribution in [0.15, 0.2) is 48.2 Å². The van der Waals surface area contributed by atoms with Crippen LogP contribution in [0.1, 0.15) is 35.7 Å². The van der Waals surface area contributed by atoms with Crippen LogP contribution >= 0.6 is 11.3 Å². The van der Waals surface area contributed by atoms with E-state index in [0.717, 1.165) is 30.3 Å². The van der Waals surface area contributed by atoms with E-state index in [0.29, 0.717) is 17.4 Å². The third kappa shape index (κ3) is 3.72. The first-order chi connectivity index (χ1) is 12.8. The van der Waals surface area contributed by atoms with Gasteiger partial charge in [-0.1, -0.05) is 0 Å². The largest absolute Gasteiger partial charge is 0.316 e. The lowest BCUT2D eigenvalue weighted by atomic mass is 10.1. The van der Waals surface area contributed by atoms with E-state index in [-0.39, 0.29) is 0 Å². The molecule has 1 aliphatic heterocycles. The summed E-state index contributed by atoms with van der Waals surface area (Å²) in [7, 11) is 0. The van der Waals surface area contributed by atoms with Gasteiger partial charge >= 0.3 is 0 Å². The number of thiazole rings is 1. The van der Waals surface area contributed by atoms with Crippen LogP contribution < -0.4 is 5.32 Å². The summed E-state index contributed by atoms with van der Waals surface area (Å²) in [5.74, 6) is 0.644. The van der Waals surface area contributed by atoms with Crippen molar-refractivity contribution in [1.82, 2.24) is 19.9 Å². The lowest BCUT2D eigenvalue weighted by Gasteiger charge is -2.23. The van der Waals surface area contributed by atoms with Gasteiger partial charge in [-0.25, -0.2) is 9.97 Å². The Labute approximate surface area is 156 Å². The van der Waals surface area contributed by atoms with Crippen molar-refractivity contribution in [2.75, 3.05) is 11.9 Å². The standard InChI is InChI=1S/C19H18N6S/c20-11-15-5-8-22-18(10-15)24-19-23-16(13-26-19)17-2-1-9-25(17)12-14-3-6-21-7-4-14/h3-8,10,13,17H,1-2,9,12H2,(H,22,23,24). The summed E-state index contributed by atoms with van der Waals surface area (Å²) in [4.78, 5) is 15.6. The van der Waals surface area contributed by atoms with Gasteiger partial charge in [0.1, 0.15) is 5.82 Å². The number of nitriles is 1. The quantitative estimate of drug-likeness (QED) is 0.742. The van der Waals surface area contributed by atoms with Crippen LogP contribution in [0.4, 0.5) is 10.9 Å². The second-order valence-corrected chi connectivity index (χ2v) is 7.09. The molecule has 3 aromatic rings. The smallest absolute Gasteiger partial charge is 0.188 e. The normalized spacial score (nSPS) is 17.1. The van der Waals surface area contributed by atoms with E-state index in [1.165, 1.54) is 12.0 Å². The molecule has 1 unspecified atom stereocenters. The van der Waals surface area contributed by atoms with Crippen LogP contribution in [-0.4, -0.2) is 26.4 Å². The molecule has 1 N–H and O–H groups in total. The molecular formula is C19H18N6S. The Morgan fingerprint density at radius 1 is 1.27 bits per heavy atom. The summed E-state index contributed by atoms with van der Waals surface area (Å²) in [5.41, 5.74) is 2.96. The maximum absolute atomic E-state index is 9.00. The van der Waals surface area contributed by atoms with E-state index in [2.05, 4.69) is 43.8 Å². The molecule has 0 aliphatic carbocycles. The Balaban J connectivity index is 1.47. The number of rotatable bonds is 5. The summed E-state index contributed by atoms with van der Waals surface area (Å²) >= 11 is 1.57. The summed E-state index contributed by atoms with van der Waals surface area (Å²) in [6.45, 7) is 2.00. The Kier molecular flexibility index (Phi) is 4.86. The fourth-order valence-corrected chi connectivity index (χ4v) is 4.01. The highest BCUT2D eigenvalue weighted by molar-refractivity contribution is 7.13. The van der Waals surface area contributed by atoms with E-state index in [9.17, 15) is 0 Å². The van der Waals surface area contributed by atoms with Gasteiger partial charge in [-0.2, -0.15) is 5.26 Å². The van der Waals surface area contributed by atoms with Crippen LogP contribution in [0.2, 0.25) is 0 Å². The number of pyridine rings is 2. The van der Waals surface area contributed by atoms with Crippen molar-refractivity contribution in [2.24, 2.45) is 0 Å². The second-order valence-electron chi connectivity index (χ2n) is 6.23. The zero-order chi connectivity index (χ0) is 17.8. The monoisotopic (exact) mass is 362 g/mol. The molecule has 0 spiro atoms. The molecule has 7 heteroatoms. The lowest BCUT2D eigenvalue weighted by Crippen LogP contribution is -2.23. The van der Waals surface area contributed by atoms with Gasteiger partial charge in [0.05, 0.1) is 23.4 Å². The highest BCUT2D eigenvalue weighted by atomic mass is 32.1.